The number of benzene rings is 1. The van der Waals surface area contributed by atoms with E-state index in [0.717, 1.165) is 57.9 Å². The summed E-state index contributed by atoms with van der Waals surface area (Å²) in [6.07, 6.45) is 2.23. The van der Waals surface area contributed by atoms with Crippen molar-refractivity contribution in [3.63, 3.8) is 0 Å². The van der Waals surface area contributed by atoms with E-state index >= 15 is 0 Å². The number of carbonyl (C=O) groups is 1. The molecule has 0 saturated carbocycles. The van der Waals surface area contributed by atoms with Crippen LogP contribution in [0.3, 0.4) is 0 Å². The first kappa shape index (κ1) is 19.8. The molecule has 8 heteroatoms. The maximum absolute atomic E-state index is 11.5. The van der Waals surface area contributed by atoms with Gasteiger partial charge in [0.1, 0.15) is 11.6 Å². The van der Waals surface area contributed by atoms with E-state index in [0.29, 0.717) is 11.5 Å². The zero-order valence-electron chi connectivity index (χ0n) is 15.6. The number of fused-ring (bicyclic) bond motifs is 1. The standard InChI is InChI=1S/C19H25N5O2.ClH/c1-26-19(25)16-4-2-14(3-5-16)13-23-9-6-15(7-10-23)18-22-21-17-12-20-8-11-24(17)18;/h2-5,15,20H,6-13H2,1H3;1H. The third-order valence-electron chi connectivity index (χ3n) is 5.39. The number of carbonyl (C=O) groups excluding carboxylic acids is 1. The smallest absolute Gasteiger partial charge is 0.337 e. The van der Waals surface area contributed by atoms with Gasteiger partial charge >= 0.3 is 5.97 Å². The Labute approximate surface area is 165 Å². The van der Waals surface area contributed by atoms with Crippen LogP contribution in [0, 0.1) is 0 Å². The summed E-state index contributed by atoms with van der Waals surface area (Å²) in [7, 11) is 1.41. The van der Waals surface area contributed by atoms with E-state index in [-0.39, 0.29) is 18.4 Å². The van der Waals surface area contributed by atoms with E-state index in [1.165, 1.54) is 18.5 Å². The van der Waals surface area contributed by atoms with Gasteiger partial charge in [-0.2, -0.15) is 0 Å². The summed E-state index contributed by atoms with van der Waals surface area (Å²) in [6.45, 7) is 5.83. The summed E-state index contributed by atoms with van der Waals surface area (Å²) in [5.41, 5.74) is 1.82. The molecule has 0 spiro atoms. The zero-order chi connectivity index (χ0) is 17.9. The summed E-state index contributed by atoms with van der Waals surface area (Å²) in [5.74, 6) is 2.46. The van der Waals surface area contributed by atoms with E-state index in [1.807, 2.05) is 24.3 Å². The second-order valence-electron chi connectivity index (χ2n) is 7.04. The highest BCUT2D eigenvalue weighted by Gasteiger charge is 2.27. The lowest BCUT2D eigenvalue weighted by atomic mass is 9.95. The number of hydrogen-bond acceptors (Lipinski definition) is 6. The maximum Gasteiger partial charge on any atom is 0.337 e. The summed E-state index contributed by atoms with van der Waals surface area (Å²) in [6, 6.07) is 7.70. The highest BCUT2D eigenvalue weighted by atomic mass is 35.5. The van der Waals surface area contributed by atoms with Gasteiger partial charge in [0.15, 0.2) is 0 Å². The number of nitrogens with one attached hydrogen (secondary N) is 1. The van der Waals surface area contributed by atoms with Crippen molar-refractivity contribution >= 4 is 18.4 Å². The third-order valence-corrected chi connectivity index (χ3v) is 5.39. The van der Waals surface area contributed by atoms with Crippen molar-refractivity contribution in [1.29, 1.82) is 0 Å². The number of methoxy groups -OCH3 is 1. The molecule has 7 nitrogen and oxygen atoms in total. The van der Waals surface area contributed by atoms with Crippen LogP contribution in [-0.4, -0.2) is 52.4 Å². The number of piperidine rings is 1. The van der Waals surface area contributed by atoms with Gasteiger partial charge in [-0.05, 0) is 43.6 Å². The van der Waals surface area contributed by atoms with Crippen LogP contribution >= 0.6 is 12.4 Å². The molecule has 2 aromatic rings. The first-order valence-electron chi connectivity index (χ1n) is 9.27. The molecule has 0 aliphatic carbocycles. The predicted molar refractivity (Wildman–Crippen MR) is 104 cm³/mol. The molecular formula is C19H26ClN5O2. The molecule has 27 heavy (non-hydrogen) atoms. The van der Waals surface area contributed by atoms with Crippen molar-refractivity contribution in [1.82, 2.24) is 25.0 Å². The van der Waals surface area contributed by atoms with E-state index in [2.05, 4.69) is 25.0 Å². The van der Waals surface area contributed by atoms with Crippen LogP contribution in [0.25, 0.3) is 0 Å². The van der Waals surface area contributed by atoms with Crippen LogP contribution in [0.2, 0.25) is 0 Å². The number of nitrogens with zero attached hydrogens (tertiary/aromatic N) is 4. The van der Waals surface area contributed by atoms with Gasteiger partial charge < -0.3 is 14.6 Å². The Morgan fingerprint density at radius 2 is 1.93 bits per heavy atom. The monoisotopic (exact) mass is 391 g/mol. The molecule has 1 saturated heterocycles. The van der Waals surface area contributed by atoms with Gasteiger partial charge in [0.25, 0.3) is 0 Å². The lowest BCUT2D eigenvalue weighted by Crippen LogP contribution is -2.34. The molecule has 0 bridgehead atoms. The van der Waals surface area contributed by atoms with Gasteiger partial charge in [0.05, 0.1) is 19.2 Å². The summed E-state index contributed by atoms with van der Waals surface area (Å²) in [5, 5.41) is 12.2. The number of esters is 1. The Morgan fingerprint density at radius 3 is 2.63 bits per heavy atom. The second kappa shape index (κ2) is 8.82. The molecule has 1 fully saturated rings. The largest absolute Gasteiger partial charge is 0.465 e. The molecule has 2 aliphatic rings. The SMILES string of the molecule is COC(=O)c1ccc(CN2CCC(c3nnc4n3CCNC4)CC2)cc1.Cl. The van der Waals surface area contributed by atoms with E-state index in [4.69, 9.17) is 4.74 Å². The van der Waals surface area contributed by atoms with Crippen molar-refractivity contribution in [3.05, 3.63) is 47.0 Å². The Morgan fingerprint density at radius 1 is 1.19 bits per heavy atom. The topological polar surface area (TPSA) is 72.3 Å². The van der Waals surface area contributed by atoms with Crippen molar-refractivity contribution in [2.75, 3.05) is 26.7 Å². The van der Waals surface area contributed by atoms with Crippen LogP contribution in [0.15, 0.2) is 24.3 Å². The third kappa shape index (κ3) is 4.31. The Hall–Kier alpha value is -1.96. The number of ether oxygens (including phenoxy) is 1. The molecule has 0 unspecified atom stereocenters. The van der Waals surface area contributed by atoms with E-state index in [9.17, 15) is 4.79 Å². The van der Waals surface area contributed by atoms with Crippen LogP contribution in [0.4, 0.5) is 0 Å². The fourth-order valence-corrected chi connectivity index (χ4v) is 3.89. The average molecular weight is 392 g/mol. The fraction of sp³-hybridized carbons (Fsp3) is 0.526. The molecule has 1 aromatic heterocycles. The van der Waals surface area contributed by atoms with Gasteiger partial charge in [-0.25, -0.2) is 4.79 Å². The molecule has 2 aliphatic heterocycles. The second-order valence-corrected chi connectivity index (χ2v) is 7.04. The average Bonchev–Trinajstić information content (AvgIpc) is 3.13. The minimum Gasteiger partial charge on any atom is -0.465 e. The van der Waals surface area contributed by atoms with Gasteiger partial charge in [0.2, 0.25) is 0 Å². The minimum absolute atomic E-state index is 0. The minimum atomic E-state index is -0.288. The lowest BCUT2D eigenvalue weighted by Gasteiger charge is -2.32. The fourth-order valence-electron chi connectivity index (χ4n) is 3.89. The lowest BCUT2D eigenvalue weighted by molar-refractivity contribution is 0.0600. The highest BCUT2D eigenvalue weighted by Crippen LogP contribution is 2.28. The Bertz CT molecular complexity index is 769. The molecule has 3 heterocycles. The number of likely N-dealkylation sites (tertiary alicyclic amines) is 1. The normalized spacial score (nSPS) is 17.8. The number of halogens is 1. The van der Waals surface area contributed by atoms with Gasteiger partial charge in [-0.15, -0.1) is 22.6 Å². The van der Waals surface area contributed by atoms with Gasteiger partial charge in [-0.3, -0.25) is 4.90 Å². The van der Waals surface area contributed by atoms with Gasteiger partial charge in [-0.1, -0.05) is 12.1 Å². The summed E-state index contributed by atoms with van der Waals surface area (Å²) in [4.78, 5) is 14.0. The van der Waals surface area contributed by atoms with Crippen molar-refractivity contribution in [2.24, 2.45) is 0 Å². The van der Waals surface area contributed by atoms with Crippen LogP contribution in [-0.2, 0) is 24.4 Å². The van der Waals surface area contributed by atoms with Crippen molar-refractivity contribution in [3.8, 4) is 0 Å². The highest BCUT2D eigenvalue weighted by molar-refractivity contribution is 5.89. The molecule has 0 amide bonds. The zero-order valence-corrected chi connectivity index (χ0v) is 16.4. The Kier molecular flexibility index (Phi) is 6.46. The van der Waals surface area contributed by atoms with Crippen LogP contribution in [0.1, 0.15) is 46.3 Å². The van der Waals surface area contributed by atoms with Crippen molar-refractivity contribution < 1.29 is 9.53 Å². The molecule has 0 atom stereocenters. The van der Waals surface area contributed by atoms with Crippen LogP contribution < -0.4 is 5.32 Å². The summed E-state index contributed by atoms with van der Waals surface area (Å²) >= 11 is 0. The first-order chi connectivity index (χ1) is 12.7. The molecule has 146 valence electrons. The summed E-state index contributed by atoms with van der Waals surface area (Å²) < 4.78 is 7.05. The Balaban J connectivity index is 0.00000210. The maximum atomic E-state index is 11.5. The quantitative estimate of drug-likeness (QED) is 0.803. The molecule has 1 aromatic carbocycles. The molecule has 4 rings (SSSR count). The molecular weight excluding hydrogens is 366 g/mol. The number of aromatic nitrogens is 3. The number of rotatable bonds is 4. The van der Waals surface area contributed by atoms with E-state index < -0.39 is 0 Å². The van der Waals surface area contributed by atoms with Crippen molar-refractivity contribution in [2.45, 2.75) is 38.4 Å². The predicted octanol–water partition coefficient (Wildman–Crippen LogP) is 1.97. The van der Waals surface area contributed by atoms with E-state index in [1.54, 1.807) is 0 Å². The first-order valence-corrected chi connectivity index (χ1v) is 9.27. The van der Waals surface area contributed by atoms with Gasteiger partial charge in [0, 0.05) is 25.6 Å². The molecule has 0 radical (unpaired) electrons. The van der Waals surface area contributed by atoms with Crippen LogP contribution in [0.5, 0.6) is 0 Å². The number of hydrogen-bond donors (Lipinski definition) is 1. The molecule has 1 N–H and O–H groups in total.